The van der Waals surface area contributed by atoms with Crippen molar-refractivity contribution in [2.24, 2.45) is 0 Å². The van der Waals surface area contributed by atoms with Crippen molar-refractivity contribution in [3.63, 3.8) is 0 Å². The van der Waals surface area contributed by atoms with E-state index >= 15 is 0 Å². The molecule has 106 valence electrons. The Labute approximate surface area is 120 Å². The maximum atomic E-state index is 4.70. The number of nitrogens with zero attached hydrogens (tertiary/aromatic N) is 3. The molecule has 0 radical (unpaired) electrons. The first-order valence-electron chi connectivity index (χ1n) is 7.56. The van der Waals surface area contributed by atoms with Crippen LogP contribution in [0.15, 0.2) is 24.4 Å². The number of hydrogen-bond acceptors (Lipinski definition) is 3. The number of pyridine rings is 1. The van der Waals surface area contributed by atoms with Crippen LogP contribution in [-0.4, -0.2) is 21.3 Å². The standard InChI is InChI=1S/C16H22N4/c1-3-14-9-12(11-17-4-2)10-16(18-14)20-8-7-15(19-20)13-5-6-13/h7-10,13,17H,3-6,11H2,1-2H3. The van der Waals surface area contributed by atoms with Gasteiger partial charge in [0.15, 0.2) is 5.82 Å². The quantitative estimate of drug-likeness (QED) is 0.877. The lowest BCUT2D eigenvalue weighted by Gasteiger charge is -2.08. The third kappa shape index (κ3) is 2.90. The molecule has 1 aliphatic rings. The zero-order valence-corrected chi connectivity index (χ0v) is 12.3. The zero-order valence-electron chi connectivity index (χ0n) is 12.3. The number of aryl methyl sites for hydroxylation is 1. The minimum absolute atomic E-state index is 0.687. The van der Waals surface area contributed by atoms with Crippen LogP contribution in [0.5, 0.6) is 0 Å². The van der Waals surface area contributed by atoms with Crippen LogP contribution >= 0.6 is 0 Å². The summed E-state index contributed by atoms with van der Waals surface area (Å²) in [6, 6.07) is 6.44. The van der Waals surface area contributed by atoms with Gasteiger partial charge in [-0.2, -0.15) is 5.10 Å². The van der Waals surface area contributed by atoms with E-state index in [0.29, 0.717) is 5.92 Å². The summed E-state index contributed by atoms with van der Waals surface area (Å²) >= 11 is 0. The van der Waals surface area contributed by atoms with Gasteiger partial charge in [0.1, 0.15) is 0 Å². The number of nitrogens with one attached hydrogen (secondary N) is 1. The fraction of sp³-hybridized carbons (Fsp3) is 0.500. The third-order valence-electron chi connectivity index (χ3n) is 3.71. The van der Waals surface area contributed by atoms with E-state index in [1.165, 1.54) is 24.1 Å². The molecule has 1 saturated carbocycles. The summed E-state index contributed by atoms with van der Waals surface area (Å²) in [5.74, 6) is 1.62. The normalized spacial score (nSPS) is 14.7. The smallest absolute Gasteiger partial charge is 0.153 e. The van der Waals surface area contributed by atoms with Gasteiger partial charge < -0.3 is 5.32 Å². The van der Waals surface area contributed by atoms with Gasteiger partial charge in [0.25, 0.3) is 0 Å². The minimum atomic E-state index is 0.687. The fourth-order valence-electron chi connectivity index (χ4n) is 2.37. The van der Waals surface area contributed by atoms with Crippen molar-refractivity contribution in [2.75, 3.05) is 6.54 Å². The Hall–Kier alpha value is -1.68. The summed E-state index contributed by atoms with van der Waals surface area (Å²) in [4.78, 5) is 4.70. The second kappa shape index (κ2) is 5.75. The summed E-state index contributed by atoms with van der Waals surface area (Å²) < 4.78 is 1.92. The maximum absolute atomic E-state index is 4.70. The molecule has 3 rings (SSSR count). The molecule has 2 aromatic rings. The Morgan fingerprint density at radius 3 is 2.85 bits per heavy atom. The van der Waals surface area contributed by atoms with Gasteiger partial charge in [0.2, 0.25) is 0 Å². The van der Waals surface area contributed by atoms with Gasteiger partial charge in [-0.3, -0.25) is 0 Å². The first-order valence-corrected chi connectivity index (χ1v) is 7.56. The first-order chi connectivity index (χ1) is 9.80. The molecule has 1 fully saturated rings. The first kappa shape index (κ1) is 13.3. The average Bonchev–Trinajstić information content (AvgIpc) is 3.22. The highest BCUT2D eigenvalue weighted by atomic mass is 15.3. The molecule has 2 aromatic heterocycles. The molecule has 0 atom stereocenters. The topological polar surface area (TPSA) is 42.7 Å². The van der Waals surface area contributed by atoms with Crippen molar-refractivity contribution in [2.45, 2.75) is 45.6 Å². The molecule has 4 nitrogen and oxygen atoms in total. The van der Waals surface area contributed by atoms with Crippen LogP contribution in [0.25, 0.3) is 5.82 Å². The lowest BCUT2D eigenvalue weighted by molar-refractivity contribution is 0.719. The van der Waals surface area contributed by atoms with E-state index in [-0.39, 0.29) is 0 Å². The molecule has 0 aromatic carbocycles. The van der Waals surface area contributed by atoms with Crippen LogP contribution in [-0.2, 0) is 13.0 Å². The predicted octanol–water partition coefficient (Wildman–Crippen LogP) is 2.82. The Morgan fingerprint density at radius 2 is 2.15 bits per heavy atom. The molecule has 2 heterocycles. The van der Waals surface area contributed by atoms with E-state index in [1.54, 1.807) is 0 Å². The Balaban J connectivity index is 1.89. The second-order valence-corrected chi connectivity index (χ2v) is 5.42. The third-order valence-corrected chi connectivity index (χ3v) is 3.71. The lowest BCUT2D eigenvalue weighted by atomic mass is 10.2. The Kier molecular flexibility index (Phi) is 3.83. The van der Waals surface area contributed by atoms with E-state index in [4.69, 9.17) is 4.98 Å². The van der Waals surface area contributed by atoms with Crippen LogP contribution in [0.3, 0.4) is 0 Å². The summed E-state index contributed by atoms with van der Waals surface area (Å²) in [6.45, 7) is 6.13. The second-order valence-electron chi connectivity index (χ2n) is 5.42. The van der Waals surface area contributed by atoms with Crippen LogP contribution in [0.4, 0.5) is 0 Å². The molecule has 0 spiro atoms. The highest BCUT2D eigenvalue weighted by Crippen LogP contribution is 2.38. The van der Waals surface area contributed by atoms with Crippen LogP contribution in [0.1, 0.15) is 49.6 Å². The van der Waals surface area contributed by atoms with E-state index in [0.717, 1.165) is 31.0 Å². The molecular weight excluding hydrogens is 248 g/mol. The number of hydrogen-bond donors (Lipinski definition) is 1. The molecule has 0 amide bonds. The van der Waals surface area contributed by atoms with E-state index in [9.17, 15) is 0 Å². The highest BCUT2D eigenvalue weighted by molar-refractivity contribution is 5.31. The maximum Gasteiger partial charge on any atom is 0.153 e. The summed E-state index contributed by atoms with van der Waals surface area (Å²) in [6.07, 6.45) is 5.55. The molecule has 1 aliphatic carbocycles. The van der Waals surface area contributed by atoms with Gasteiger partial charge >= 0.3 is 0 Å². The van der Waals surface area contributed by atoms with Crippen molar-refractivity contribution in [3.05, 3.63) is 41.3 Å². The summed E-state index contributed by atoms with van der Waals surface area (Å²) in [5.41, 5.74) is 3.61. The predicted molar refractivity (Wildman–Crippen MR) is 80.1 cm³/mol. The van der Waals surface area contributed by atoms with E-state index in [2.05, 4.69) is 42.5 Å². The molecule has 4 heteroatoms. The van der Waals surface area contributed by atoms with Crippen molar-refractivity contribution in [1.29, 1.82) is 0 Å². The Bertz CT molecular complexity index is 584. The van der Waals surface area contributed by atoms with E-state index < -0.39 is 0 Å². The van der Waals surface area contributed by atoms with Gasteiger partial charge in [-0.15, -0.1) is 0 Å². The molecule has 0 aliphatic heterocycles. The van der Waals surface area contributed by atoms with Crippen LogP contribution in [0.2, 0.25) is 0 Å². The summed E-state index contributed by atoms with van der Waals surface area (Å²) in [5, 5.41) is 8.04. The van der Waals surface area contributed by atoms with Crippen molar-refractivity contribution >= 4 is 0 Å². The van der Waals surface area contributed by atoms with Crippen molar-refractivity contribution < 1.29 is 0 Å². The van der Waals surface area contributed by atoms with Gasteiger partial charge in [-0.1, -0.05) is 13.8 Å². The molecule has 20 heavy (non-hydrogen) atoms. The monoisotopic (exact) mass is 270 g/mol. The average molecular weight is 270 g/mol. The van der Waals surface area contributed by atoms with Crippen molar-refractivity contribution in [3.8, 4) is 5.82 Å². The van der Waals surface area contributed by atoms with Gasteiger partial charge in [0.05, 0.1) is 5.69 Å². The SMILES string of the molecule is CCNCc1cc(CC)nc(-n2ccc(C3CC3)n2)c1. The fourth-order valence-corrected chi connectivity index (χ4v) is 2.37. The molecule has 0 saturated heterocycles. The Morgan fingerprint density at radius 1 is 1.30 bits per heavy atom. The molecule has 0 unspecified atom stereocenters. The lowest BCUT2D eigenvalue weighted by Crippen LogP contribution is -2.13. The van der Waals surface area contributed by atoms with Gasteiger partial charge in [0, 0.05) is 24.4 Å². The number of aromatic nitrogens is 3. The van der Waals surface area contributed by atoms with Crippen LogP contribution < -0.4 is 5.32 Å². The minimum Gasteiger partial charge on any atom is -0.313 e. The molecular formula is C16H22N4. The van der Waals surface area contributed by atoms with Crippen molar-refractivity contribution in [1.82, 2.24) is 20.1 Å². The van der Waals surface area contributed by atoms with Gasteiger partial charge in [-0.05, 0) is 49.6 Å². The van der Waals surface area contributed by atoms with Gasteiger partial charge in [-0.25, -0.2) is 9.67 Å². The zero-order chi connectivity index (χ0) is 13.9. The summed E-state index contributed by atoms with van der Waals surface area (Å²) in [7, 11) is 0. The van der Waals surface area contributed by atoms with E-state index in [1.807, 2.05) is 10.9 Å². The van der Waals surface area contributed by atoms with Crippen LogP contribution in [0, 0.1) is 0 Å². The number of rotatable bonds is 6. The molecule has 1 N–H and O–H groups in total. The largest absolute Gasteiger partial charge is 0.313 e. The molecule has 0 bridgehead atoms. The highest BCUT2D eigenvalue weighted by Gasteiger charge is 2.26.